The van der Waals surface area contributed by atoms with Crippen molar-refractivity contribution in [3.63, 3.8) is 0 Å². The van der Waals surface area contributed by atoms with Gasteiger partial charge in [0.05, 0.1) is 10.6 Å². The van der Waals surface area contributed by atoms with Crippen LogP contribution in [0.1, 0.15) is 22.8 Å². The topological polar surface area (TPSA) is 57.7 Å². The molecule has 3 aromatic rings. The van der Waals surface area contributed by atoms with Gasteiger partial charge in [0.1, 0.15) is 0 Å². The lowest BCUT2D eigenvalue weighted by atomic mass is 10.1. The average molecular weight is 441 g/mol. The average Bonchev–Trinajstić information content (AvgIpc) is 3.08. The number of amides is 1. The van der Waals surface area contributed by atoms with E-state index in [0.717, 1.165) is 22.0 Å². The summed E-state index contributed by atoms with van der Waals surface area (Å²) in [7, 11) is -2.39. The van der Waals surface area contributed by atoms with Gasteiger partial charge in [0.15, 0.2) is 0 Å². The van der Waals surface area contributed by atoms with Crippen LogP contribution in [0.5, 0.6) is 0 Å². The van der Waals surface area contributed by atoms with Crippen LogP contribution in [-0.2, 0) is 16.4 Å². The quantitative estimate of drug-likeness (QED) is 0.587. The van der Waals surface area contributed by atoms with E-state index >= 15 is 0 Å². The predicted molar refractivity (Wildman–Crippen MR) is 120 cm³/mol. The second kappa shape index (κ2) is 7.78. The molecule has 4 rings (SSSR count). The van der Waals surface area contributed by atoms with E-state index in [1.54, 1.807) is 41.3 Å². The predicted octanol–water partition coefficient (Wildman–Crippen LogP) is 4.76. The molecule has 1 atom stereocenters. The lowest BCUT2D eigenvalue weighted by Gasteiger charge is -2.24. The summed E-state index contributed by atoms with van der Waals surface area (Å²) in [5, 5.41) is 0.445. The molecule has 1 unspecified atom stereocenters. The second-order valence-corrected chi connectivity index (χ2v) is 9.74. The normalized spacial score (nSPS) is 15.7. The zero-order valence-electron chi connectivity index (χ0n) is 16.6. The Kier molecular flexibility index (Phi) is 5.30. The van der Waals surface area contributed by atoms with Crippen LogP contribution in [0.25, 0.3) is 0 Å². The molecule has 0 radical (unpaired) electrons. The van der Waals surface area contributed by atoms with Crippen LogP contribution in [-0.4, -0.2) is 27.4 Å². The molecule has 0 saturated carbocycles. The summed E-state index contributed by atoms with van der Waals surface area (Å²) in [6.07, 6.45) is 0.775. The molecule has 1 amide bonds. The van der Waals surface area contributed by atoms with E-state index in [9.17, 15) is 13.2 Å². The van der Waals surface area contributed by atoms with Crippen molar-refractivity contribution >= 4 is 38.9 Å². The molecule has 7 heteroatoms. The molecule has 154 valence electrons. The fraction of sp³-hybridized carbons (Fsp3) is 0.174. The molecule has 0 aliphatic carbocycles. The maximum atomic E-state index is 13.3. The summed E-state index contributed by atoms with van der Waals surface area (Å²) in [6, 6.07) is 20.6. The van der Waals surface area contributed by atoms with Crippen molar-refractivity contribution in [2.45, 2.75) is 24.3 Å². The van der Waals surface area contributed by atoms with E-state index in [0.29, 0.717) is 16.3 Å². The number of hydrogen-bond donors (Lipinski definition) is 0. The van der Waals surface area contributed by atoms with Crippen molar-refractivity contribution < 1.29 is 13.2 Å². The molecule has 0 saturated heterocycles. The molecule has 0 fully saturated rings. The van der Waals surface area contributed by atoms with Crippen molar-refractivity contribution in [2.75, 3.05) is 16.3 Å². The minimum absolute atomic E-state index is 0.00398. The van der Waals surface area contributed by atoms with Gasteiger partial charge in [-0.3, -0.25) is 9.10 Å². The first-order chi connectivity index (χ1) is 14.3. The third kappa shape index (κ3) is 3.57. The van der Waals surface area contributed by atoms with Crippen molar-refractivity contribution in [2.24, 2.45) is 0 Å². The summed E-state index contributed by atoms with van der Waals surface area (Å²) in [6.45, 7) is 1.99. The Hall–Kier alpha value is -2.83. The molecule has 5 nitrogen and oxygen atoms in total. The fourth-order valence-corrected chi connectivity index (χ4v) is 5.19. The van der Waals surface area contributed by atoms with Crippen LogP contribution in [0.4, 0.5) is 11.4 Å². The number of benzene rings is 3. The molecule has 1 aliphatic heterocycles. The number of sulfonamides is 1. The van der Waals surface area contributed by atoms with Crippen molar-refractivity contribution in [3.8, 4) is 0 Å². The number of para-hydroxylation sites is 1. The minimum Gasteiger partial charge on any atom is -0.305 e. The van der Waals surface area contributed by atoms with E-state index in [-0.39, 0.29) is 16.8 Å². The summed E-state index contributed by atoms with van der Waals surface area (Å²) < 4.78 is 27.5. The van der Waals surface area contributed by atoms with Crippen LogP contribution in [0.3, 0.4) is 0 Å². The van der Waals surface area contributed by atoms with E-state index in [1.165, 1.54) is 19.2 Å². The zero-order valence-corrected chi connectivity index (χ0v) is 18.2. The van der Waals surface area contributed by atoms with Crippen LogP contribution in [0.15, 0.2) is 77.7 Å². The summed E-state index contributed by atoms with van der Waals surface area (Å²) in [4.78, 5) is 15.1. The summed E-state index contributed by atoms with van der Waals surface area (Å²) >= 11 is 6.01. The monoisotopic (exact) mass is 440 g/mol. The first-order valence-corrected chi connectivity index (χ1v) is 11.4. The maximum absolute atomic E-state index is 13.3. The molecule has 1 heterocycles. The Bertz CT molecular complexity index is 1230. The molecule has 0 N–H and O–H groups in total. The Morgan fingerprint density at radius 3 is 2.53 bits per heavy atom. The van der Waals surface area contributed by atoms with Gasteiger partial charge in [0.25, 0.3) is 15.9 Å². The number of halogens is 1. The van der Waals surface area contributed by atoms with Crippen molar-refractivity contribution in [1.29, 1.82) is 0 Å². The van der Waals surface area contributed by atoms with E-state index in [4.69, 9.17) is 11.6 Å². The number of hydrogen-bond acceptors (Lipinski definition) is 3. The third-order valence-corrected chi connectivity index (χ3v) is 7.35. The zero-order chi connectivity index (χ0) is 21.5. The second-order valence-electron chi connectivity index (χ2n) is 7.34. The van der Waals surface area contributed by atoms with Crippen LogP contribution < -0.4 is 9.21 Å². The number of rotatable bonds is 4. The number of anilines is 2. The SMILES string of the molecule is CC1Cc2ccccc2N1C(=O)c1cccc(S(=O)(=O)N(C)c2cccc(Cl)c2)c1. The van der Waals surface area contributed by atoms with Gasteiger partial charge in [-0.05, 0) is 61.4 Å². The maximum Gasteiger partial charge on any atom is 0.264 e. The molecule has 0 aromatic heterocycles. The van der Waals surface area contributed by atoms with Gasteiger partial charge >= 0.3 is 0 Å². The Morgan fingerprint density at radius 1 is 1.03 bits per heavy atom. The Morgan fingerprint density at radius 2 is 1.77 bits per heavy atom. The number of nitrogens with zero attached hydrogens (tertiary/aromatic N) is 2. The minimum atomic E-state index is -3.86. The van der Waals surface area contributed by atoms with Gasteiger partial charge in [0.2, 0.25) is 0 Å². The van der Waals surface area contributed by atoms with Gasteiger partial charge < -0.3 is 4.90 Å². The van der Waals surface area contributed by atoms with Crippen LogP contribution >= 0.6 is 11.6 Å². The molecule has 3 aromatic carbocycles. The smallest absolute Gasteiger partial charge is 0.264 e. The third-order valence-electron chi connectivity index (χ3n) is 5.34. The first kappa shape index (κ1) is 20.4. The van der Waals surface area contributed by atoms with Gasteiger partial charge in [0, 0.05) is 29.4 Å². The molecule has 0 spiro atoms. The highest BCUT2D eigenvalue weighted by Crippen LogP contribution is 2.33. The first-order valence-electron chi connectivity index (χ1n) is 9.55. The highest BCUT2D eigenvalue weighted by Gasteiger charge is 2.32. The molecular formula is C23H21ClN2O3S. The summed E-state index contributed by atoms with van der Waals surface area (Å²) in [5.41, 5.74) is 2.77. The van der Waals surface area contributed by atoms with E-state index in [2.05, 4.69) is 0 Å². The van der Waals surface area contributed by atoms with E-state index in [1.807, 2.05) is 31.2 Å². The lowest BCUT2D eigenvalue weighted by molar-refractivity contribution is 0.0981. The lowest BCUT2D eigenvalue weighted by Crippen LogP contribution is -2.36. The molecule has 0 bridgehead atoms. The Labute approximate surface area is 181 Å². The number of carbonyl (C=O) groups is 1. The highest BCUT2D eigenvalue weighted by atomic mass is 35.5. The van der Waals surface area contributed by atoms with Gasteiger partial charge in [-0.1, -0.05) is 41.9 Å². The highest BCUT2D eigenvalue weighted by molar-refractivity contribution is 7.92. The Balaban J connectivity index is 1.68. The fourth-order valence-electron chi connectivity index (χ4n) is 3.77. The number of fused-ring (bicyclic) bond motifs is 1. The van der Waals surface area contributed by atoms with Gasteiger partial charge in [-0.15, -0.1) is 0 Å². The van der Waals surface area contributed by atoms with Crippen molar-refractivity contribution in [3.05, 3.63) is 88.9 Å². The molecular weight excluding hydrogens is 420 g/mol. The van der Waals surface area contributed by atoms with Crippen LogP contribution in [0, 0.1) is 0 Å². The van der Waals surface area contributed by atoms with Gasteiger partial charge in [-0.25, -0.2) is 8.42 Å². The standard InChI is InChI=1S/C23H21ClN2O3S/c1-16-13-17-7-3-4-12-22(17)26(16)23(27)18-8-5-11-21(14-18)30(28,29)25(2)20-10-6-9-19(24)15-20/h3-12,14-16H,13H2,1-2H3. The van der Waals surface area contributed by atoms with Gasteiger partial charge in [-0.2, -0.15) is 0 Å². The van der Waals surface area contributed by atoms with Crippen LogP contribution in [0.2, 0.25) is 5.02 Å². The molecule has 1 aliphatic rings. The molecule has 30 heavy (non-hydrogen) atoms. The number of carbonyl (C=O) groups excluding carboxylic acids is 1. The largest absolute Gasteiger partial charge is 0.305 e. The summed E-state index contributed by atoms with van der Waals surface area (Å²) in [5.74, 6) is -0.213. The van der Waals surface area contributed by atoms with E-state index < -0.39 is 10.0 Å². The van der Waals surface area contributed by atoms with Crippen molar-refractivity contribution in [1.82, 2.24) is 0 Å².